The molecule has 1 atom stereocenters. The van der Waals surface area contributed by atoms with Crippen LogP contribution >= 0.6 is 0 Å². The van der Waals surface area contributed by atoms with Crippen LogP contribution in [0, 0.1) is 0 Å². The van der Waals surface area contributed by atoms with Crippen LogP contribution in [0.2, 0.25) is 0 Å². The molecule has 16 heavy (non-hydrogen) atoms. The molecule has 3 amide bonds. The molecule has 0 radical (unpaired) electrons. The zero-order valence-corrected chi connectivity index (χ0v) is 8.82. The number of rotatable bonds is 3. The van der Waals surface area contributed by atoms with Crippen molar-refractivity contribution < 1.29 is 14.0 Å². The van der Waals surface area contributed by atoms with Crippen LogP contribution in [-0.4, -0.2) is 18.0 Å². The highest BCUT2D eigenvalue weighted by Crippen LogP contribution is 1.97. The summed E-state index contributed by atoms with van der Waals surface area (Å²) in [4.78, 5) is 22.1. The number of urea groups is 1. The fraction of sp³-hybridized carbons (Fsp3) is 0.333. The quantitative estimate of drug-likeness (QED) is 0.519. The molecule has 0 unspecified atom stereocenters. The number of amides is 3. The Hall–Kier alpha value is -2.02. The summed E-state index contributed by atoms with van der Waals surface area (Å²) in [5.74, 6) is 0.154. The van der Waals surface area contributed by atoms with Gasteiger partial charge in [0.2, 0.25) is 0 Å². The molecule has 0 aliphatic carbocycles. The molecule has 0 spiro atoms. The van der Waals surface area contributed by atoms with E-state index in [1.165, 1.54) is 13.2 Å². The number of furan rings is 1. The third-order valence-corrected chi connectivity index (χ3v) is 1.72. The molecule has 1 aromatic rings. The minimum Gasteiger partial charge on any atom is -0.467 e. The topological polar surface area (TPSA) is 109 Å². The summed E-state index contributed by atoms with van der Waals surface area (Å²) in [6.45, 7) is 1.75. The third-order valence-electron chi connectivity index (χ3n) is 1.72. The van der Waals surface area contributed by atoms with Crippen LogP contribution in [0.5, 0.6) is 0 Å². The fourth-order valence-corrected chi connectivity index (χ4v) is 0.857. The van der Waals surface area contributed by atoms with Gasteiger partial charge in [-0.05, 0) is 19.1 Å². The number of nitrogens with one attached hydrogen (secondary N) is 3. The maximum Gasteiger partial charge on any atom is 0.333 e. The van der Waals surface area contributed by atoms with Gasteiger partial charge in [-0.25, -0.2) is 10.2 Å². The molecule has 0 bridgehead atoms. The van der Waals surface area contributed by atoms with Crippen molar-refractivity contribution in [2.24, 2.45) is 5.73 Å². The zero-order valence-electron chi connectivity index (χ0n) is 8.82. The van der Waals surface area contributed by atoms with Gasteiger partial charge in [-0.2, -0.15) is 0 Å². The first-order valence-electron chi connectivity index (χ1n) is 4.71. The first kappa shape index (κ1) is 12.1. The molecule has 0 aliphatic heterocycles. The fourth-order valence-electron chi connectivity index (χ4n) is 0.857. The first-order valence-corrected chi connectivity index (χ1v) is 4.71. The molecule has 0 fully saturated rings. The lowest BCUT2D eigenvalue weighted by Gasteiger charge is -2.09. The van der Waals surface area contributed by atoms with Gasteiger partial charge in [0, 0.05) is 0 Å². The van der Waals surface area contributed by atoms with Crippen molar-refractivity contribution in [2.45, 2.75) is 19.5 Å². The molecular formula is C9H14N4O3. The number of hydrazine groups is 1. The second-order valence-corrected chi connectivity index (χ2v) is 3.16. The van der Waals surface area contributed by atoms with E-state index >= 15 is 0 Å². The van der Waals surface area contributed by atoms with Crippen LogP contribution < -0.4 is 21.9 Å². The molecule has 0 aromatic carbocycles. The van der Waals surface area contributed by atoms with Gasteiger partial charge in [0.25, 0.3) is 5.91 Å². The van der Waals surface area contributed by atoms with Crippen LogP contribution in [0.4, 0.5) is 4.79 Å². The van der Waals surface area contributed by atoms with Crippen molar-refractivity contribution in [3.63, 3.8) is 0 Å². The van der Waals surface area contributed by atoms with Crippen molar-refractivity contribution in [3.8, 4) is 0 Å². The number of nitrogens with two attached hydrogens (primary N) is 1. The normalized spacial score (nSPS) is 11.6. The first-order chi connectivity index (χ1) is 7.59. The Morgan fingerprint density at radius 2 is 2.25 bits per heavy atom. The Balaban J connectivity index is 2.19. The summed E-state index contributed by atoms with van der Waals surface area (Å²) in [7, 11) is 0. The second-order valence-electron chi connectivity index (χ2n) is 3.16. The summed E-state index contributed by atoms with van der Waals surface area (Å²) in [6.07, 6.45) is 1.51. The van der Waals surface area contributed by atoms with Gasteiger partial charge in [0.05, 0.1) is 18.8 Å². The highest BCUT2D eigenvalue weighted by molar-refractivity contribution is 5.84. The minimum atomic E-state index is -0.676. The smallest absolute Gasteiger partial charge is 0.333 e. The number of carbonyl (C=O) groups is 2. The van der Waals surface area contributed by atoms with E-state index < -0.39 is 18.0 Å². The molecule has 0 saturated carbocycles. The summed E-state index contributed by atoms with van der Waals surface area (Å²) >= 11 is 0. The van der Waals surface area contributed by atoms with Gasteiger partial charge < -0.3 is 15.5 Å². The molecule has 1 aromatic heterocycles. The third kappa shape index (κ3) is 4.01. The van der Waals surface area contributed by atoms with Crippen LogP contribution in [0.25, 0.3) is 0 Å². The van der Waals surface area contributed by atoms with E-state index in [1.807, 2.05) is 0 Å². The second kappa shape index (κ2) is 5.76. The Kier molecular flexibility index (Phi) is 4.34. The van der Waals surface area contributed by atoms with Crippen molar-refractivity contribution in [1.29, 1.82) is 0 Å². The standard InChI is InChI=1S/C9H14N4O3/c1-6(10)8(14)12-13-9(15)11-5-7-3-2-4-16-7/h2-4,6H,5,10H2,1H3,(H,12,14)(H2,11,13,15)/t6-/m0/s1. The summed E-state index contributed by atoms with van der Waals surface area (Å²) < 4.78 is 5.00. The average Bonchev–Trinajstić information content (AvgIpc) is 2.75. The molecule has 0 saturated heterocycles. The molecule has 1 rings (SSSR count). The van der Waals surface area contributed by atoms with E-state index in [2.05, 4.69) is 16.2 Å². The molecule has 0 aliphatic rings. The number of hydrogen-bond donors (Lipinski definition) is 4. The van der Waals surface area contributed by atoms with Crippen LogP contribution in [-0.2, 0) is 11.3 Å². The van der Waals surface area contributed by atoms with Crippen molar-refractivity contribution in [1.82, 2.24) is 16.2 Å². The summed E-state index contributed by atoms with van der Waals surface area (Å²) in [5, 5.41) is 2.48. The van der Waals surface area contributed by atoms with E-state index in [4.69, 9.17) is 10.2 Å². The molecule has 7 heteroatoms. The van der Waals surface area contributed by atoms with Crippen LogP contribution in [0.3, 0.4) is 0 Å². The number of carbonyl (C=O) groups excluding carboxylic acids is 2. The van der Waals surface area contributed by atoms with Crippen molar-refractivity contribution in [2.75, 3.05) is 0 Å². The highest BCUT2D eigenvalue weighted by Gasteiger charge is 2.08. The van der Waals surface area contributed by atoms with Crippen LogP contribution in [0.15, 0.2) is 22.8 Å². The Labute approximate surface area is 92.3 Å². The Morgan fingerprint density at radius 3 is 2.81 bits per heavy atom. The van der Waals surface area contributed by atoms with Gasteiger partial charge in [-0.3, -0.25) is 10.2 Å². The Bertz CT molecular complexity index is 348. The van der Waals surface area contributed by atoms with E-state index in [9.17, 15) is 9.59 Å². The SMILES string of the molecule is C[C@H](N)C(=O)NNC(=O)NCc1ccco1. The lowest BCUT2D eigenvalue weighted by molar-refractivity contribution is -0.122. The maximum atomic E-state index is 11.1. The average molecular weight is 226 g/mol. The van der Waals surface area contributed by atoms with E-state index in [0.29, 0.717) is 5.76 Å². The van der Waals surface area contributed by atoms with Gasteiger partial charge in [0.15, 0.2) is 0 Å². The van der Waals surface area contributed by atoms with E-state index in [0.717, 1.165) is 0 Å². The predicted molar refractivity (Wildman–Crippen MR) is 55.9 cm³/mol. The molecule has 88 valence electrons. The minimum absolute atomic E-state index is 0.243. The molecule has 1 heterocycles. The highest BCUT2D eigenvalue weighted by atomic mass is 16.3. The molecular weight excluding hydrogens is 212 g/mol. The van der Waals surface area contributed by atoms with Gasteiger partial charge in [0.1, 0.15) is 5.76 Å². The predicted octanol–water partition coefficient (Wildman–Crippen LogP) is -0.543. The number of hydrogen-bond acceptors (Lipinski definition) is 4. The monoisotopic (exact) mass is 226 g/mol. The lowest BCUT2D eigenvalue weighted by Crippen LogP contribution is -2.51. The molecule has 5 N–H and O–H groups in total. The van der Waals surface area contributed by atoms with E-state index in [1.54, 1.807) is 12.1 Å². The van der Waals surface area contributed by atoms with Gasteiger partial charge in [-0.15, -0.1) is 0 Å². The van der Waals surface area contributed by atoms with Crippen molar-refractivity contribution in [3.05, 3.63) is 24.2 Å². The van der Waals surface area contributed by atoms with Gasteiger partial charge in [-0.1, -0.05) is 0 Å². The maximum absolute atomic E-state index is 11.1. The van der Waals surface area contributed by atoms with Crippen molar-refractivity contribution >= 4 is 11.9 Å². The van der Waals surface area contributed by atoms with Gasteiger partial charge >= 0.3 is 6.03 Å². The van der Waals surface area contributed by atoms with Crippen LogP contribution in [0.1, 0.15) is 12.7 Å². The zero-order chi connectivity index (χ0) is 12.0. The Morgan fingerprint density at radius 1 is 1.50 bits per heavy atom. The molecule has 7 nitrogen and oxygen atoms in total. The summed E-state index contributed by atoms with van der Waals surface area (Å²) in [6, 6.07) is 2.23. The largest absolute Gasteiger partial charge is 0.467 e. The van der Waals surface area contributed by atoms with E-state index in [-0.39, 0.29) is 6.54 Å². The summed E-state index contributed by atoms with van der Waals surface area (Å²) in [5.41, 5.74) is 9.58. The lowest BCUT2D eigenvalue weighted by atomic mass is 10.3.